The summed E-state index contributed by atoms with van der Waals surface area (Å²) in [6.45, 7) is 4.28. The van der Waals surface area contributed by atoms with Crippen LogP contribution in [0.3, 0.4) is 0 Å². The molecule has 1 rings (SSSR count). The van der Waals surface area contributed by atoms with Crippen molar-refractivity contribution in [3.05, 3.63) is 35.4 Å². The number of rotatable bonds is 2. The maximum absolute atomic E-state index is 3.21. The molecular formula is C10H15N. The van der Waals surface area contributed by atoms with Gasteiger partial charge in [0.15, 0.2) is 0 Å². The second-order valence-electron chi connectivity index (χ2n) is 2.92. The summed E-state index contributed by atoms with van der Waals surface area (Å²) in [7, 11) is 1.98. The molecule has 0 saturated heterocycles. The normalized spacial score (nSPS) is 13.0. The molecule has 1 aromatic carbocycles. The molecule has 1 aromatic rings. The van der Waals surface area contributed by atoms with Crippen LogP contribution in [0, 0.1) is 6.92 Å². The predicted octanol–water partition coefficient (Wildman–Crippen LogP) is 2.28. The van der Waals surface area contributed by atoms with Crippen molar-refractivity contribution < 1.29 is 0 Å². The third-order valence-electron chi connectivity index (χ3n) is 1.98. The lowest BCUT2D eigenvalue weighted by molar-refractivity contribution is 0.652. The van der Waals surface area contributed by atoms with E-state index in [1.54, 1.807) is 0 Å². The fourth-order valence-electron chi connectivity index (χ4n) is 1.11. The molecule has 0 bridgehead atoms. The van der Waals surface area contributed by atoms with Crippen molar-refractivity contribution >= 4 is 0 Å². The van der Waals surface area contributed by atoms with E-state index in [9.17, 15) is 0 Å². The van der Waals surface area contributed by atoms with Crippen LogP contribution in [0.25, 0.3) is 0 Å². The highest BCUT2D eigenvalue weighted by atomic mass is 14.8. The quantitative estimate of drug-likeness (QED) is 0.680. The zero-order valence-corrected chi connectivity index (χ0v) is 7.39. The number of hydrogen-bond donors (Lipinski definition) is 1. The van der Waals surface area contributed by atoms with Crippen molar-refractivity contribution in [1.29, 1.82) is 0 Å². The second-order valence-corrected chi connectivity index (χ2v) is 2.92. The molecule has 0 spiro atoms. The number of aryl methyl sites for hydroxylation is 1. The highest BCUT2D eigenvalue weighted by Gasteiger charge is 1.99. The Kier molecular flexibility index (Phi) is 2.66. The van der Waals surface area contributed by atoms with Crippen LogP contribution in [-0.4, -0.2) is 7.05 Å². The highest BCUT2D eigenvalue weighted by Crippen LogP contribution is 2.12. The average Bonchev–Trinajstić information content (AvgIpc) is 2.03. The van der Waals surface area contributed by atoms with E-state index in [-0.39, 0.29) is 0 Å². The molecule has 1 N–H and O–H groups in total. The molecule has 0 unspecified atom stereocenters. The van der Waals surface area contributed by atoms with E-state index in [0.29, 0.717) is 6.04 Å². The van der Waals surface area contributed by atoms with E-state index in [2.05, 4.69) is 43.4 Å². The van der Waals surface area contributed by atoms with Crippen molar-refractivity contribution in [1.82, 2.24) is 5.32 Å². The van der Waals surface area contributed by atoms with Crippen molar-refractivity contribution in [3.8, 4) is 0 Å². The Morgan fingerprint density at radius 1 is 1.36 bits per heavy atom. The average molecular weight is 149 g/mol. The lowest BCUT2D eigenvalue weighted by Gasteiger charge is -2.10. The predicted molar refractivity (Wildman–Crippen MR) is 48.7 cm³/mol. The first-order chi connectivity index (χ1) is 5.24. The zero-order valence-electron chi connectivity index (χ0n) is 7.39. The minimum atomic E-state index is 0.454. The van der Waals surface area contributed by atoms with Crippen LogP contribution in [0.1, 0.15) is 24.1 Å². The van der Waals surface area contributed by atoms with Crippen LogP contribution in [-0.2, 0) is 0 Å². The third kappa shape index (κ3) is 2.05. The van der Waals surface area contributed by atoms with Gasteiger partial charge in [0, 0.05) is 6.04 Å². The first kappa shape index (κ1) is 8.28. The summed E-state index contributed by atoms with van der Waals surface area (Å²) >= 11 is 0. The van der Waals surface area contributed by atoms with Crippen LogP contribution >= 0.6 is 0 Å². The molecule has 1 atom stereocenters. The second kappa shape index (κ2) is 3.54. The van der Waals surface area contributed by atoms with E-state index in [1.165, 1.54) is 11.1 Å². The Hall–Kier alpha value is -0.820. The van der Waals surface area contributed by atoms with Crippen molar-refractivity contribution in [2.24, 2.45) is 0 Å². The van der Waals surface area contributed by atoms with Gasteiger partial charge in [0.2, 0.25) is 0 Å². The molecule has 0 radical (unpaired) electrons. The van der Waals surface area contributed by atoms with Gasteiger partial charge in [-0.05, 0) is 26.5 Å². The molecular weight excluding hydrogens is 134 g/mol. The van der Waals surface area contributed by atoms with E-state index < -0.39 is 0 Å². The van der Waals surface area contributed by atoms with Gasteiger partial charge in [0.1, 0.15) is 0 Å². The highest BCUT2D eigenvalue weighted by molar-refractivity contribution is 5.24. The molecule has 0 amide bonds. The third-order valence-corrected chi connectivity index (χ3v) is 1.98. The van der Waals surface area contributed by atoms with Crippen LogP contribution in [0.4, 0.5) is 0 Å². The Morgan fingerprint density at radius 2 is 2.09 bits per heavy atom. The van der Waals surface area contributed by atoms with Crippen LogP contribution in [0.15, 0.2) is 24.3 Å². The van der Waals surface area contributed by atoms with E-state index in [4.69, 9.17) is 0 Å². The number of nitrogens with one attached hydrogen (secondary N) is 1. The van der Waals surface area contributed by atoms with E-state index in [0.717, 1.165) is 0 Å². The fraction of sp³-hybridized carbons (Fsp3) is 0.400. The van der Waals surface area contributed by atoms with Crippen LogP contribution < -0.4 is 5.32 Å². The largest absolute Gasteiger partial charge is 0.313 e. The van der Waals surface area contributed by atoms with E-state index >= 15 is 0 Å². The van der Waals surface area contributed by atoms with Gasteiger partial charge in [-0.15, -0.1) is 0 Å². The monoisotopic (exact) mass is 149 g/mol. The van der Waals surface area contributed by atoms with Gasteiger partial charge in [-0.1, -0.05) is 29.8 Å². The lowest BCUT2D eigenvalue weighted by atomic mass is 10.1. The van der Waals surface area contributed by atoms with Crippen molar-refractivity contribution in [3.63, 3.8) is 0 Å². The minimum absolute atomic E-state index is 0.454. The molecule has 0 aliphatic carbocycles. The molecule has 0 aromatic heterocycles. The Balaban J connectivity index is 2.86. The lowest BCUT2D eigenvalue weighted by Crippen LogP contribution is -2.12. The number of benzene rings is 1. The van der Waals surface area contributed by atoms with Gasteiger partial charge < -0.3 is 5.32 Å². The molecule has 0 aliphatic heterocycles. The zero-order chi connectivity index (χ0) is 8.27. The minimum Gasteiger partial charge on any atom is -0.313 e. The Labute approximate surface area is 68.4 Å². The topological polar surface area (TPSA) is 12.0 Å². The van der Waals surface area contributed by atoms with Gasteiger partial charge >= 0.3 is 0 Å². The van der Waals surface area contributed by atoms with Crippen LogP contribution in [0.2, 0.25) is 0 Å². The SMILES string of the molecule is CN[C@@H](C)c1cccc(C)c1. The summed E-state index contributed by atoms with van der Waals surface area (Å²) in [5, 5.41) is 3.21. The van der Waals surface area contributed by atoms with Gasteiger partial charge in [-0.3, -0.25) is 0 Å². The maximum Gasteiger partial charge on any atom is 0.0289 e. The number of hydrogen-bond acceptors (Lipinski definition) is 1. The molecule has 0 heterocycles. The first-order valence-electron chi connectivity index (χ1n) is 3.98. The molecule has 60 valence electrons. The smallest absolute Gasteiger partial charge is 0.0289 e. The Morgan fingerprint density at radius 3 is 2.64 bits per heavy atom. The molecule has 0 fully saturated rings. The Bertz CT molecular complexity index is 230. The molecule has 0 aliphatic rings. The van der Waals surface area contributed by atoms with Gasteiger partial charge in [0.25, 0.3) is 0 Å². The fourth-order valence-corrected chi connectivity index (χ4v) is 1.11. The van der Waals surface area contributed by atoms with Crippen molar-refractivity contribution in [2.75, 3.05) is 7.05 Å². The van der Waals surface area contributed by atoms with Gasteiger partial charge in [-0.2, -0.15) is 0 Å². The molecule has 11 heavy (non-hydrogen) atoms. The summed E-state index contributed by atoms with van der Waals surface area (Å²) in [5.41, 5.74) is 2.68. The summed E-state index contributed by atoms with van der Waals surface area (Å²) in [4.78, 5) is 0. The first-order valence-corrected chi connectivity index (χ1v) is 3.98. The van der Waals surface area contributed by atoms with E-state index in [1.807, 2.05) is 7.05 Å². The molecule has 1 heteroatoms. The van der Waals surface area contributed by atoms with Crippen molar-refractivity contribution in [2.45, 2.75) is 19.9 Å². The van der Waals surface area contributed by atoms with Gasteiger partial charge in [0.05, 0.1) is 0 Å². The summed E-state index contributed by atoms with van der Waals surface area (Å²) < 4.78 is 0. The molecule has 1 nitrogen and oxygen atoms in total. The standard InChI is InChI=1S/C10H15N/c1-8-5-4-6-10(7-8)9(2)11-3/h4-7,9,11H,1-3H3/t9-/m0/s1. The van der Waals surface area contributed by atoms with Crippen LogP contribution in [0.5, 0.6) is 0 Å². The maximum atomic E-state index is 3.21. The summed E-state index contributed by atoms with van der Waals surface area (Å²) in [6, 6.07) is 9.02. The summed E-state index contributed by atoms with van der Waals surface area (Å²) in [5.74, 6) is 0. The summed E-state index contributed by atoms with van der Waals surface area (Å²) in [6.07, 6.45) is 0. The molecule has 0 saturated carbocycles. The van der Waals surface area contributed by atoms with Gasteiger partial charge in [-0.25, -0.2) is 0 Å².